The summed E-state index contributed by atoms with van der Waals surface area (Å²) in [6, 6.07) is 8.89. The third kappa shape index (κ3) is 4.55. The molecule has 8 nitrogen and oxygen atoms in total. The highest BCUT2D eigenvalue weighted by atomic mass is 35.5. The van der Waals surface area contributed by atoms with Crippen LogP contribution in [-0.2, 0) is 9.53 Å². The maximum atomic E-state index is 12.2. The molecular formula is C20H17ClN2O6. The Morgan fingerprint density at radius 1 is 1.17 bits per heavy atom. The van der Waals surface area contributed by atoms with Gasteiger partial charge in [0.05, 0.1) is 23.2 Å². The molecule has 1 heterocycles. The Morgan fingerprint density at radius 3 is 2.48 bits per heavy atom. The smallest absolute Gasteiger partial charge is 0.363 e. The molecule has 0 N–H and O–H groups in total. The van der Waals surface area contributed by atoms with Gasteiger partial charge in [0.25, 0.3) is 5.69 Å². The van der Waals surface area contributed by atoms with Crippen LogP contribution in [0, 0.1) is 10.1 Å². The van der Waals surface area contributed by atoms with E-state index in [1.807, 2.05) is 13.8 Å². The van der Waals surface area contributed by atoms with Gasteiger partial charge < -0.3 is 14.2 Å². The number of nitro groups is 1. The van der Waals surface area contributed by atoms with Crippen molar-refractivity contribution in [2.24, 2.45) is 4.99 Å². The molecule has 0 amide bonds. The summed E-state index contributed by atoms with van der Waals surface area (Å²) >= 11 is 6.29. The number of carbonyl (C=O) groups excluding carboxylic acids is 1. The second-order valence-electron chi connectivity index (χ2n) is 5.84. The van der Waals surface area contributed by atoms with Gasteiger partial charge in [-0.25, -0.2) is 9.79 Å². The van der Waals surface area contributed by atoms with Crippen LogP contribution in [-0.4, -0.2) is 30.0 Å². The molecule has 0 saturated carbocycles. The van der Waals surface area contributed by atoms with E-state index in [2.05, 4.69) is 4.99 Å². The summed E-state index contributed by atoms with van der Waals surface area (Å²) in [5, 5.41) is 11.1. The van der Waals surface area contributed by atoms with Crippen LogP contribution < -0.4 is 9.47 Å². The van der Waals surface area contributed by atoms with E-state index >= 15 is 0 Å². The predicted octanol–water partition coefficient (Wildman–Crippen LogP) is 4.39. The Morgan fingerprint density at radius 2 is 1.86 bits per heavy atom. The lowest BCUT2D eigenvalue weighted by atomic mass is 10.1. The molecule has 1 aliphatic heterocycles. The van der Waals surface area contributed by atoms with Crippen molar-refractivity contribution in [1.82, 2.24) is 0 Å². The number of benzene rings is 2. The van der Waals surface area contributed by atoms with Crippen molar-refractivity contribution in [3.05, 3.63) is 68.4 Å². The van der Waals surface area contributed by atoms with Crippen molar-refractivity contribution in [2.45, 2.75) is 13.8 Å². The van der Waals surface area contributed by atoms with Gasteiger partial charge in [-0.05, 0) is 49.8 Å². The van der Waals surface area contributed by atoms with Crippen LogP contribution in [0.3, 0.4) is 0 Å². The van der Waals surface area contributed by atoms with Gasteiger partial charge in [0.1, 0.15) is 0 Å². The SMILES string of the molecule is CCOc1cc(/C=C2\N=C(c3ccc([N+](=O)[O-])cc3)OC2=O)cc(Cl)c1OCC. The first-order valence-corrected chi connectivity index (χ1v) is 9.17. The number of hydrogen-bond acceptors (Lipinski definition) is 7. The lowest BCUT2D eigenvalue weighted by Crippen LogP contribution is -2.05. The van der Waals surface area contributed by atoms with E-state index in [0.717, 1.165) is 0 Å². The Hall–Kier alpha value is -3.39. The zero-order valence-electron chi connectivity index (χ0n) is 15.7. The average molecular weight is 417 g/mol. The Bertz CT molecular complexity index is 1010. The third-order valence-corrected chi connectivity index (χ3v) is 4.15. The standard InChI is InChI=1S/C20H17ClN2O6/c1-3-27-17-11-12(9-15(21)18(17)28-4-2)10-16-20(24)29-19(22-16)13-5-7-14(8-6-13)23(25)26/h5-11H,3-4H2,1-2H3/b16-10-. The molecule has 0 atom stereocenters. The molecule has 0 aliphatic carbocycles. The summed E-state index contributed by atoms with van der Waals surface area (Å²) in [5.74, 6) is 0.321. The molecule has 3 rings (SSSR count). The number of non-ortho nitro benzene ring substituents is 1. The van der Waals surface area contributed by atoms with E-state index in [4.69, 9.17) is 25.8 Å². The molecule has 150 valence electrons. The van der Waals surface area contributed by atoms with Crippen LogP contribution in [0.2, 0.25) is 5.02 Å². The van der Waals surface area contributed by atoms with Crippen molar-refractivity contribution >= 4 is 35.2 Å². The molecule has 0 aromatic heterocycles. The number of carbonyl (C=O) groups is 1. The zero-order chi connectivity index (χ0) is 21.0. The monoisotopic (exact) mass is 416 g/mol. The van der Waals surface area contributed by atoms with E-state index in [1.165, 1.54) is 30.3 Å². The molecule has 2 aromatic carbocycles. The number of nitrogens with zero attached hydrogens (tertiary/aromatic N) is 2. The van der Waals surface area contributed by atoms with Gasteiger partial charge in [-0.2, -0.15) is 0 Å². The molecule has 1 aliphatic rings. The van der Waals surface area contributed by atoms with Crippen LogP contribution in [0.5, 0.6) is 11.5 Å². The van der Waals surface area contributed by atoms with Crippen LogP contribution in [0.4, 0.5) is 5.69 Å². The number of ether oxygens (including phenoxy) is 3. The van der Waals surface area contributed by atoms with E-state index in [1.54, 1.807) is 12.1 Å². The average Bonchev–Trinajstić information content (AvgIpc) is 3.05. The highest BCUT2D eigenvalue weighted by Crippen LogP contribution is 2.37. The predicted molar refractivity (Wildman–Crippen MR) is 107 cm³/mol. The quantitative estimate of drug-likeness (QED) is 0.287. The molecular weight excluding hydrogens is 400 g/mol. The summed E-state index contributed by atoms with van der Waals surface area (Å²) < 4.78 is 16.3. The number of nitro benzene ring substituents is 1. The Labute approximate surface area is 171 Å². The molecule has 0 fully saturated rings. The Balaban J connectivity index is 1.93. The fourth-order valence-electron chi connectivity index (χ4n) is 2.63. The largest absolute Gasteiger partial charge is 0.490 e. The molecule has 0 bridgehead atoms. The topological polar surface area (TPSA) is 100 Å². The second-order valence-corrected chi connectivity index (χ2v) is 6.24. The van der Waals surface area contributed by atoms with Gasteiger partial charge >= 0.3 is 5.97 Å². The molecule has 0 saturated heterocycles. The van der Waals surface area contributed by atoms with Crippen LogP contribution in [0.15, 0.2) is 47.1 Å². The highest BCUT2D eigenvalue weighted by Gasteiger charge is 2.25. The summed E-state index contributed by atoms with van der Waals surface area (Å²) in [5.41, 5.74) is 1.04. The zero-order valence-corrected chi connectivity index (χ0v) is 16.4. The minimum atomic E-state index is -0.638. The van der Waals surface area contributed by atoms with Gasteiger partial charge in [0.15, 0.2) is 17.2 Å². The molecule has 2 aromatic rings. The summed E-state index contributed by atoms with van der Waals surface area (Å²) in [4.78, 5) is 26.6. The van der Waals surface area contributed by atoms with E-state index in [9.17, 15) is 14.9 Å². The van der Waals surface area contributed by atoms with E-state index in [-0.39, 0.29) is 17.3 Å². The van der Waals surface area contributed by atoms with Gasteiger partial charge in [-0.15, -0.1) is 0 Å². The summed E-state index contributed by atoms with van der Waals surface area (Å²) in [6.45, 7) is 4.52. The van der Waals surface area contributed by atoms with E-state index in [0.29, 0.717) is 40.9 Å². The Kier molecular flexibility index (Phi) is 6.13. The van der Waals surface area contributed by atoms with Crippen molar-refractivity contribution in [3.63, 3.8) is 0 Å². The van der Waals surface area contributed by atoms with Crippen LogP contribution >= 0.6 is 11.6 Å². The van der Waals surface area contributed by atoms with Crippen LogP contribution in [0.1, 0.15) is 25.0 Å². The minimum absolute atomic E-state index is 0.0677. The van der Waals surface area contributed by atoms with Gasteiger partial charge in [0.2, 0.25) is 5.90 Å². The lowest BCUT2D eigenvalue weighted by molar-refractivity contribution is -0.384. The number of esters is 1. The van der Waals surface area contributed by atoms with E-state index < -0.39 is 10.9 Å². The second kappa shape index (κ2) is 8.74. The number of halogens is 1. The van der Waals surface area contributed by atoms with Gasteiger partial charge in [-0.1, -0.05) is 11.6 Å². The molecule has 9 heteroatoms. The lowest BCUT2D eigenvalue weighted by Gasteiger charge is -2.13. The first kappa shape index (κ1) is 20.3. The first-order valence-electron chi connectivity index (χ1n) is 8.79. The van der Waals surface area contributed by atoms with Gasteiger partial charge in [-0.3, -0.25) is 10.1 Å². The van der Waals surface area contributed by atoms with Crippen LogP contribution in [0.25, 0.3) is 6.08 Å². The molecule has 0 spiro atoms. The molecule has 0 unspecified atom stereocenters. The maximum absolute atomic E-state index is 12.2. The fourth-order valence-corrected chi connectivity index (χ4v) is 2.91. The number of hydrogen-bond donors (Lipinski definition) is 0. The summed E-state index contributed by atoms with van der Waals surface area (Å²) in [7, 11) is 0. The number of rotatable bonds is 7. The third-order valence-electron chi connectivity index (χ3n) is 3.87. The normalized spacial score (nSPS) is 14.5. The highest BCUT2D eigenvalue weighted by molar-refractivity contribution is 6.32. The van der Waals surface area contributed by atoms with Crippen molar-refractivity contribution in [1.29, 1.82) is 0 Å². The van der Waals surface area contributed by atoms with Crippen molar-refractivity contribution in [3.8, 4) is 11.5 Å². The minimum Gasteiger partial charge on any atom is -0.490 e. The molecule has 0 radical (unpaired) electrons. The maximum Gasteiger partial charge on any atom is 0.363 e. The van der Waals surface area contributed by atoms with Crippen molar-refractivity contribution in [2.75, 3.05) is 13.2 Å². The van der Waals surface area contributed by atoms with Gasteiger partial charge in [0, 0.05) is 17.7 Å². The first-order chi connectivity index (χ1) is 13.9. The fraction of sp³-hybridized carbons (Fsp3) is 0.200. The number of aliphatic imine (C=N–C) groups is 1. The van der Waals surface area contributed by atoms with Crippen molar-refractivity contribution < 1.29 is 23.9 Å². The molecule has 29 heavy (non-hydrogen) atoms. The summed E-state index contributed by atoms with van der Waals surface area (Å²) in [6.07, 6.45) is 1.52. The number of cyclic esters (lactones) is 1.